The van der Waals surface area contributed by atoms with Crippen LogP contribution in [0, 0.1) is 0 Å². The van der Waals surface area contributed by atoms with Gasteiger partial charge in [0, 0.05) is 55.8 Å². The standard InChI is InChI=1S/C27H35N7O4/c35-27-21(13-18-14-23-24(38-17-37-23)15-22(18)28-27)25(26-29-30-31-34(26)16-20-7-4-12-36-20)33-10-8-32(9-11-33)19-5-2-1-3-6-19/h13-15,19-20,25H,1-12,16-17H2,(H,28,35)/t20-,25-/m0/s1. The molecule has 0 radical (unpaired) electrons. The van der Waals surface area contributed by atoms with Gasteiger partial charge in [0.05, 0.1) is 18.2 Å². The first-order chi connectivity index (χ1) is 18.7. The molecule has 2 atom stereocenters. The molecule has 1 aromatic carbocycles. The van der Waals surface area contributed by atoms with Crippen LogP contribution in [0.25, 0.3) is 10.9 Å². The van der Waals surface area contributed by atoms with Crippen molar-refractivity contribution in [3.8, 4) is 11.5 Å². The molecule has 1 aliphatic carbocycles. The SMILES string of the molecule is O=c1[nH]c2cc3c(cc2cc1[C@@H](c1nnnn1C[C@@H]1CCCO1)N1CCN(C2CCCCC2)CC1)OCO3. The Hall–Kier alpha value is -3.02. The van der Waals surface area contributed by atoms with E-state index in [1.165, 1.54) is 32.1 Å². The number of rotatable bonds is 6. The number of nitrogens with one attached hydrogen (secondary N) is 1. The summed E-state index contributed by atoms with van der Waals surface area (Å²) in [5, 5.41) is 13.8. The number of fused-ring (bicyclic) bond motifs is 2. The van der Waals surface area contributed by atoms with Crippen LogP contribution in [0.2, 0.25) is 0 Å². The first-order valence-corrected chi connectivity index (χ1v) is 14.1. The van der Waals surface area contributed by atoms with E-state index in [0.29, 0.717) is 35.5 Å². The normalized spacial score (nSPS) is 23.8. The first-order valence-electron chi connectivity index (χ1n) is 14.1. The molecule has 0 bridgehead atoms. The van der Waals surface area contributed by atoms with Gasteiger partial charge >= 0.3 is 0 Å². The summed E-state index contributed by atoms with van der Waals surface area (Å²) in [6.07, 6.45) is 8.75. The lowest BCUT2D eigenvalue weighted by Gasteiger charge is -2.43. The van der Waals surface area contributed by atoms with E-state index in [-0.39, 0.29) is 24.5 Å². The van der Waals surface area contributed by atoms with E-state index in [0.717, 1.165) is 56.5 Å². The summed E-state index contributed by atoms with van der Waals surface area (Å²) in [7, 11) is 0. The zero-order chi connectivity index (χ0) is 25.5. The Balaban J connectivity index is 1.24. The van der Waals surface area contributed by atoms with Crippen molar-refractivity contribution in [1.29, 1.82) is 0 Å². The van der Waals surface area contributed by atoms with Crippen LogP contribution in [0.4, 0.5) is 0 Å². The third-order valence-electron chi connectivity index (χ3n) is 8.67. The fourth-order valence-corrected chi connectivity index (χ4v) is 6.64. The molecule has 0 unspecified atom stereocenters. The van der Waals surface area contributed by atoms with Crippen molar-refractivity contribution in [3.05, 3.63) is 39.9 Å². The van der Waals surface area contributed by atoms with Gasteiger partial charge in [-0.3, -0.25) is 14.6 Å². The Labute approximate surface area is 221 Å². The number of ether oxygens (including phenoxy) is 3. The molecule has 7 rings (SSSR count). The van der Waals surface area contributed by atoms with Crippen LogP contribution in [-0.2, 0) is 11.3 Å². The molecule has 11 heteroatoms. The molecule has 5 heterocycles. The highest BCUT2D eigenvalue weighted by Gasteiger charge is 2.35. The number of tetrazole rings is 1. The van der Waals surface area contributed by atoms with E-state index in [1.807, 2.05) is 22.9 Å². The highest BCUT2D eigenvalue weighted by Crippen LogP contribution is 2.36. The summed E-state index contributed by atoms with van der Waals surface area (Å²) in [4.78, 5) is 21.7. The number of aromatic nitrogens is 5. The van der Waals surface area contributed by atoms with E-state index in [2.05, 4.69) is 30.3 Å². The second-order valence-electron chi connectivity index (χ2n) is 11.0. The van der Waals surface area contributed by atoms with Gasteiger partial charge in [0.15, 0.2) is 17.3 Å². The number of pyridine rings is 1. The number of hydrogen-bond donors (Lipinski definition) is 1. The van der Waals surface area contributed by atoms with E-state index < -0.39 is 0 Å². The van der Waals surface area contributed by atoms with Crippen molar-refractivity contribution in [3.63, 3.8) is 0 Å². The molecule has 2 saturated heterocycles. The van der Waals surface area contributed by atoms with Gasteiger partial charge in [-0.05, 0) is 48.2 Å². The van der Waals surface area contributed by atoms with Crippen molar-refractivity contribution in [2.24, 2.45) is 0 Å². The topological polar surface area (TPSA) is 111 Å². The largest absolute Gasteiger partial charge is 0.454 e. The predicted molar refractivity (Wildman–Crippen MR) is 139 cm³/mol. The minimum absolute atomic E-state index is 0.0932. The summed E-state index contributed by atoms with van der Waals surface area (Å²) in [6.45, 7) is 5.23. The fourth-order valence-electron chi connectivity index (χ4n) is 6.64. The van der Waals surface area contributed by atoms with Crippen LogP contribution in [0.5, 0.6) is 11.5 Å². The van der Waals surface area contributed by atoms with Crippen molar-refractivity contribution in [2.45, 2.75) is 69.7 Å². The van der Waals surface area contributed by atoms with Crippen LogP contribution in [0.3, 0.4) is 0 Å². The van der Waals surface area contributed by atoms with E-state index in [1.54, 1.807) is 0 Å². The quantitative estimate of drug-likeness (QED) is 0.523. The Kier molecular flexibility index (Phi) is 6.50. The molecular formula is C27H35N7O4. The molecule has 3 aromatic rings. The molecular weight excluding hydrogens is 486 g/mol. The molecule has 38 heavy (non-hydrogen) atoms. The maximum Gasteiger partial charge on any atom is 0.253 e. The van der Waals surface area contributed by atoms with Gasteiger partial charge in [-0.2, -0.15) is 0 Å². The van der Waals surface area contributed by atoms with Crippen molar-refractivity contribution >= 4 is 10.9 Å². The molecule has 1 N–H and O–H groups in total. The molecule has 1 saturated carbocycles. The summed E-state index contributed by atoms with van der Waals surface area (Å²) in [5.74, 6) is 2.03. The van der Waals surface area contributed by atoms with E-state index in [4.69, 9.17) is 14.2 Å². The Morgan fingerprint density at radius 3 is 2.58 bits per heavy atom. The Morgan fingerprint density at radius 2 is 1.79 bits per heavy atom. The molecule has 0 spiro atoms. The van der Waals surface area contributed by atoms with Gasteiger partial charge in [0.2, 0.25) is 6.79 Å². The van der Waals surface area contributed by atoms with Crippen LogP contribution in [-0.4, -0.2) is 86.7 Å². The summed E-state index contributed by atoms with van der Waals surface area (Å²) >= 11 is 0. The molecule has 4 aliphatic rings. The van der Waals surface area contributed by atoms with Crippen LogP contribution in [0.1, 0.15) is 62.4 Å². The minimum Gasteiger partial charge on any atom is -0.454 e. The number of aromatic amines is 1. The van der Waals surface area contributed by atoms with E-state index in [9.17, 15) is 4.79 Å². The van der Waals surface area contributed by atoms with Crippen LogP contribution in [0.15, 0.2) is 23.0 Å². The zero-order valence-corrected chi connectivity index (χ0v) is 21.7. The van der Waals surface area contributed by atoms with Gasteiger partial charge in [-0.15, -0.1) is 5.10 Å². The average Bonchev–Trinajstić information content (AvgIpc) is 3.72. The maximum atomic E-state index is 13.6. The number of hydrogen-bond acceptors (Lipinski definition) is 9. The fraction of sp³-hybridized carbons (Fsp3) is 0.630. The van der Waals surface area contributed by atoms with Gasteiger partial charge in [-0.1, -0.05) is 19.3 Å². The molecule has 202 valence electrons. The van der Waals surface area contributed by atoms with Gasteiger partial charge < -0.3 is 19.2 Å². The lowest BCUT2D eigenvalue weighted by molar-refractivity contribution is 0.0593. The Morgan fingerprint density at radius 1 is 0.974 bits per heavy atom. The third kappa shape index (κ3) is 4.56. The molecule has 2 aromatic heterocycles. The van der Waals surface area contributed by atoms with Crippen molar-refractivity contribution in [1.82, 2.24) is 35.0 Å². The third-order valence-corrected chi connectivity index (χ3v) is 8.67. The average molecular weight is 522 g/mol. The second-order valence-corrected chi connectivity index (χ2v) is 11.0. The highest BCUT2D eigenvalue weighted by atomic mass is 16.7. The minimum atomic E-state index is -0.363. The zero-order valence-electron chi connectivity index (χ0n) is 21.7. The smallest absolute Gasteiger partial charge is 0.253 e. The molecule has 3 fully saturated rings. The summed E-state index contributed by atoms with van der Waals surface area (Å²) < 4.78 is 18.9. The number of benzene rings is 1. The predicted octanol–water partition coefficient (Wildman–Crippen LogP) is 2.46. The number of H-pyrrole nitrogens is 1. The highest BCUT2D eigenvalue weighted by molar-refractivity contribution is 5.83. The van der Waals surface area contributed by atoms with Crippen molar-refractivity contribution < 1.29 is 14.2 Å². The molecule has 0 amide bonds. The number of piperazine rings is 1. The van der Waals surface area contributed by atoms with Crippen molar-refractivity contribution in [2.75, 3.05) is 39.6 Å². The monoisotopic (exact) mass is 521 g/mol. The van der Waals surface area contributed by atoms with Crippen LogP contribution < -0.4 is 15.0 Å². The lowest BCUT2D eigenvalue weighted by Crippen LogP contribution is -2.52. The maximum absolute atomic E-state index is 13.6. The second kappa shape index (κ2) is 10.3. The Bertz CT molecular complexity index is 1340. The lowest BCUT2D eigenvalue weighted by atomic mass is 9.93. The van der Waals surface area contributed by atoms with Gasteiger partial charge in [0.1, 0.15) is 6.04 Å². The van der Waals surface area contributed by atoms with E-state index >= 15 is 0 Å². The van der Waals surface area contributed by atoms with Gasteiger partial charge in [-0.25, -0.2) is 4.68 Å². The summed E-state index contributed by atoms with van der Waals surface area (Å²) in [5.41, 5.74) is 1.23. The number of nitrogens with zero attached hydrogens (tertiary/aromatic N) is 6. The van der Waals surface area contributed by atoms with Crippen LogP contribution >= 0.6 is 0 Å². The first kappa shape index (κ1) is 24.1. The summed E-state index contributed by atoms with van der Waals surface area (Å²) in [6, 6.07) is 6.06. The molecule has 3 aliphatic heterocycles. The van der Waals surface area contributed by atoms with Gasteiger partial charge in [0.25, 0.3) is 5.56 Å². The molecule has 11 nitrogen and oxygen atoms in total.